The molecule has 1 aliphatic rings. The van der Waals surface area contributed by atoms with Crippen LogP contribution in [0.3, 0.4) is 0 Å². The molecule has 0 radical (unpaired) electrons. The van der Waals surface area contributed by atoms with Gasteiger partial charge in [0.1, 0.15) is 5.82 Å². The van der Waals surface area contributed by atoms with Crippen molar-refractivity contribution < 1.29 is 4.79 Å². The summed E-state index contributed by atoms with van der Waals surface area (Å²) in [4.78, 5) is 16.8. The predicted octanol–water partition coefficient (Wildman–Crippen LogP) is 3.34. The van der Waals surface area contributed by atoms with Crippen molar-refractivity contribution >= 4 is 5.78 Å². The lowest BCUT2D eigenvalue weighted by molar-refractivity contribution is 0.0976. The SMILES string of the molecule is Cc1nc2c(n1CCC(=O)c1ccccc1)CCCC2. The van der Waals surface area contributed by atoms with Gasteiger partial charge in [-0.25, -0.2) is 4.98 Å². The van der Waals surface area contributed by atoms with Crippen LogP contribution < -0.4 is 0 Å². The molecule has 0 spiro atoms. The van der Waals surface area contributed by atoms with Crippen molar-refractivity contribution in [1.82, 2.24) is 9.55 Å². The number of Topliss-reactive ketones (excluding diaryl/α,β-unsaturated/α-hetero) is 1. The first kappa shape index (κ1) is 13.1. The third-order valence-electron chi connectivity index (χ3n) is 4.08. The first-order valence-corrected chi connectivity index (χ1v) is 7.39. The molecule has 2 aromatic rings. The molecule has 1 aliphatic carbocycles. The zero-order valence-corrected chi connectivity index (χ0v) is 11.9. The standard InChI is InChI=1S/C17H20N2O/c1-13-18-15-9-5-6-10-16(15)19(13)12-11-17(20)14-7-3-2-4-8-14/h2-4,7-8H,5-6,9-12H2,1H3. The number of imidazole rings is 1. The minimum absolute atomic E-state index is 0.211. The van der Waals surface area contributed by atoms with E-state index in [9.17, 15) is 4.79 Å². The highest BCUT2D eigenvalue weighted by Gasteiger charge is 2.18. The van der Waals surface area contributed by atoms with Gasteiger partial charge in [0, 0.05) is 24.2 Å². The van der Waals surface area contributed by atoms with Gasteiger partial charge >= 0.3 is 0 Å². The molecule has 0 unspecified atom stereocenters. The molecular weight excluding hydrogens is 248 g/mol. The van der Waals surface area contributed by atoms with Crippen LogP contribution in [0.2, 0.25) is 0 Å². The fourth-order valence-electron chi connectivity index (χ4n) is 3.01. The van der Waals surface area contributed by atoms with E-state index in [1.165, 1.54) is 24.2 Å². The van der Waals surface area contributed by atoms with E-state index >= 15 is 0 Å². The Morgan fingerprint density at radius 3 is 2.75 bits per heavy atom. The molecule has 0 fully saturated rings. The maximum Gasteiger partial charge on any atom is 0.164 e. The number of carbonyl (C=O) groups excluding carboxylic acids is 1. The van der Waals surface area contributed by atoms with Gasteiger partial charge in [-0.15, -0.1) is 0 Å². The van der Waals surface area contributed by atoms with Gasteiger partial charge in [-0.2, -0.15) is 0 Å². The van der Waals surface area contributed by atoms with E-state index in [0.717, 1.165) is 30.8 Å². The Hall–Kier alpha value is -1.90. The third-order valence-corrected chi connectivity index (χ3v) is 4.08. The van der Waals surface area contributed by atoms with Crippen LogP contribution in [-0.4, -0.2) is 15.3 Å². The van der Waals surface area contributed by atoms with E-state index in [2.05, 4.69) is 9.55 Å². The maximum absolute atomic E-state index is 12.2. The molecule has 0 aliphatic heterocycles. The second-order valence-corrected chi connectivity index (χ2v) is 5.45. The molecule has 0 saturated heterocycles. The monoisotopic (exact) mass is 268 g/mol. The number of fused-ring (bicyclic) bond motifs is 1. The summed E-state index contributed by atoms with van der Waals surface area (Å²) < 4.78 is 2.25. The molecule has 1 heterocycles. The Kier molecular flexibility index (Phi) is 3.68. The van der Waals surface area contributed by atoms with Gasteiger partial charge in [-0.05, 0) is 32.6 Å². The average Bonchev–Trinajstić information content (AvgIpc) is 2.81. The summed E-state index contributed by atoms with van der Waals surface area (Å²) in [6.45, 7) is 2.80. The van der Waals surface area contributed by atoms with E-state index in [4.69, 9.17) is 0 Å². The largest absolute Gasteiger partial charge is 0.332 e. The molecule has 1 aromatic carbocycles. The number of hydrogen-bond donors (Lipinski definition) is 0. The van der Waals surface area contributed by atoms with Crippen molar-refractivity contribution in [2.24, 2.45) is 0 Å². The van der Waals surface area contributed by atoms with Gasteiger partial charge in [-0.1, -0.05) is 30.3 Å². The Morgan fingerprint density at radius 2 is 1.95 bits per heavy atom. The highest BCUT2D eigenvalue weighted by atomic mass is 16.1. The van der Waals surface area contributed by atoms with E-state index < -0.39 is 0 Å². The first-order valence-electron chi connectivity index (χ1n) is 7.39. The van der Waals surface area contributed by atoms with Gasteiger partial charge in [0.2, 0.25) is 0 Å². The lowest BCUT2D eigenvalue weighted by Crippen LogP contribution is -2.12. The molecule has 1 aromatic heterocycles. The lowest BCUT2D eigenvalue weighted by Gasteiger charge is -2.14. The quantitative estimate of drug-likeness (QED) is 0.797. The number of nitrogens with zero attached hydrogens (tertiary/aromatic N) is 2. The molecule has 3 nitrogen and oxygen atoms in total. The second kappa shape index (κ2) is 5.61. The Morgan fingerprint density at radius 1 is 1.20 bits per heavy atom. The Bertz CT molecular complexity index is 613. The first-order chi connectivity index (χ1) is 9.75. The van der Waals surface area contributed by atoms with E-state index in [-0.39, 0.29) is 5.78 Å². The number of carbonyl (C=O) groups is 1. The van der Waals surface area contributed by atoms with Crippen molar-refractivity contribution in [1.29, 1.82) is 0 Å². The highest BCUT2D eigenvalue weighted by molar-refractivity contribution is 5.95. The third kappa shape index (κ3) is 2.53. The van der Waals surface area contributed by atoms with Crippen LogP contribution in [0, 0.1) is 6.92 Å². The molecular formula is C17H20N2O. The second-order valence-electron chi connectivity index (χ2n) is 5.45. The summed E-state index contributed by atoms with van der Waals surface area (Å²) in [5, 5.41) is 0. The summed E-state index contributed by atoms with van der Waals surface area (Å²) in [7, 11) is 0. The topological polar surface area (TPSA) is 34.9 Å². The van der Waals surface area contributed by atoms with Crippen LogP contribution in [0.1, 0.15) is 46.8 Å². The summed E-state index contributed by atoms with van der Waals surface area (Å²) in [5.41, 5.74) is 3.41. The number of hydrogen-bond acceptors (Lipinski definition) is 2. The molecule has 104 valence electrons. The molecule has 0 N–H and O–H groups in total. The van der Waals surface area contributed by atoms with Crippen LogP contribution in [0.5, 0.6) is 0 Å². The van der Waals surface area contributed by atoms with E-state index in [1.807, 2.05) is 37.3 Å². The van der Waals surface area contributed by atoms with Crippen LogP contribution in [0.4, 0.5) is 0 Å². The van der Waals surface area contributed by atoms with E-state index in [0.29, 0.717) is 6.42 Å². The number of aryl methyl sites for hydroxylation is 2. The molecule has 20 heavy (non-hydrogen) atoms. The average molecular weight is 268 g/mol. The summed E-state index contributed by atoms with van der Waals surface area (Å²) in [5.74, 6) is 1.26. The molecule has 0 amide bonds. The van der Waals surface area contributed by atoms with Crippen LogP contribution in [0.25, 0.3) is 0 Å². The lowest BCUT2D eigenvalue weighted by atomic mass is 10.0. The van der Waals surface area contributed by atoms with Crippen LogP contribution in [-0.2, 0) is 19.4 Å². The Labute approximate surface area is 119 Å². The van der Waals surface area contributed by atoms with Crippen LogP contribution in [0.15, 0.2) is 30.3 Å². The van der Waals surface area contributed by atoms with Gasteiger partial charge < -0.3 is 4.57 Å². The summed E-state index contributed by atoms with van der Waals surface area (Å²) in [6, 6.07) is 9.54. The number of rotatable bonds is 4. The fraction of sp³-hybridized carbons (Fsp3) is 0.412. The van der Waals surface area contributed by atoms with Crippen molar-refractivity contribution in [3.8, 4) is 0 Å². The Balaban J connectivity index is 1.73. The molecule has 0 bridgehead atoms. The summed E-state index contributed by atoms with van der Waals surface area (Å²) in [6.07, 6.45) is 5.23. The smallest absolute Gasteiger partial charge is 0.164 e. The van der Waals surface area contributed by atoms with Gasteiger partial charge in [0.05, 0.1) is 5.69 Å². The molecule has 3 heteroatoms. The normalized spacial score (nSPS) is 14.1. The van der Waals surface area contributed by atoms with Gasteiger partial charge in [-0.3, -0.25) is 4.79 Å². The van der Waals surface area contributed by atoms with Gasteiger partial charge in [0.15, 0.2) is 5.78 Å². The van der Waals surface area contributed by atoms with Crippen molar-refractivity contribution in [3.63, 3.8) is 0 Å². The van der Waals surface area contributed by atoms with Crippen molar-refractivity contribution in [2.75, 3.05) is 0 Å². The highest BCUT2D eigenvalue weighted by Crippen LogP contribution is 2.22. The minimum atomic E-state index is 0.211. The number of ketones is 1. The van der Waals surface area contributed by atoms with Gasteiger partial charge in [0.25, 0.3) is 0 Å². The maximum atomic E-state index is 12.2. The fourth-order valence-corrected chi connectivity index (χ4v) is 3.01. The molecule has 3 rings (SSSR count). The zero-order valence-electron chi connectivity index (χ0n) is 11.9. The van der Waals surface area contributed by atoms with Crippen molar-refractivity contribution in [3.05, 3.63) is 53.1 Å². The van der Waals surface area contributed by atoms with E-state index in [1.54, 1.807) is 0 Å². The number of benzene rings is 1. The minimum Gasteiger partial charge on any atom is -0.332 e. The summed E-state index contributed by atoms with van der Waals surface area (Å²) >= 11 is 0. The number of aromatic nitrogens is 2. The zero-order chi connectivity index (χ0) is 13.9. The molecule has 0 atom stereocenters. The molecule has 0 saturated carbocycles. The predicted molar refractivity (Wildman–Crippen MR) is 79.0 cm³/mol. The van der Waals surface area contributed by atoms with Crippen LogP contribution >= 0.6 is 0 Å². The van der Waals surface area contributed by atoms with Crippen molar-refractivity contribution in [2.45, 2.75) is 45.6 Å².